The second-order valence-electron chi connectivity index (χ2n) is 4.69. The fourth-order valence-corrected chi connectivity index (χ4v) is 3.19. The number of nitrogens with one attached hydrogen (secondary N) is 1. The van der Waals surface area contributed by atoms with Crippen molar-refractivity contribution >= 4 is 45.9 Å². The molecule has 3 rings (SSSR count). The Morgan fingerprint density at radius 1 is 1.45 bits per heavy atom. The normalized spacial score (nSPS) is 22.9. The van der Waals surface area contributed by atoms with Crippen LogP contribution in [0.15, 0.2) is 46.5 Å². The number of rotatable bonds is 3. The van der Waals surface area contributed by atoms with Crippen LogP contribution in [0.25, 0.3) is 0 Å². The summed E-state index contributed by atoms with van der Waals surface area (Å²) in [5.41, 5.74) is 1.55. The lowest BCUT2D eigenvalue weighted by Crippen LogP contribution is -2.31. The van der Waals surface area contributed by atoms with Crippen molar-refractivity contribution in [2.45, 2.75) is 12.5 Å². The standard InChI is InChI=1S/C14H11N3O3S2/c18-12-11(22-14(21)15-12)7-17-10(13(19)20)6-9(16-17)8-4-2-1-3-5-8/h1-5,7,10H,6H2,(H,19,20)(H,15,18,21)/b11-7-. The molecule has 1 fully saturated rings. The molecule has 0 bridgehead atoms. The minimum Gasteiger partial charge on any atom is -0.480 e. The molecule has 2 aliphatic rings. The summed E-state index contributed by atoms with van der Waals surface area (Å²) in [7, 11) is 0. The first kappa shape index (κ1) is 14.7. The Bertz CT molecular complexity index is 715. The van der Waals surface area contributed by atoms with Gasteiger partial charge in [0.2, 0.25) is 0 Å². The molecule has 0 radical (unpaired) electrons. The maximum absolute atomic E-state index is 11.7. The van der Waals surface area contributed by atoms with Crippen LogP contribution in [0.4, 0.5) is 0 Å². The maximum Gasteiger partial charge on any atom is 0.328 e. The van der Waals surface area contributed by atoms with Crippen LogP contribution in [0, 0.1) is 0 Å². The topological polar surface area (TPSA) is 82.0 Å². The first-order valence-electron chi connectivity index (χ1n) is 6.43. The van der Waals surface area contributed by atoms with Gasteiger partial charge in [-0.3, -0.25) is 9.80 Å². The van der Waals surface area contributed by atoms with Crippen molar-refractivity contribution in [1.29, 1.82) is 0 Å². The molecular formula is C14H11N3O3S2. The highest BCUT2D eigenvalue weighted by atomic mass is 32.2. The quantitative estimate of drug-likeness (QED) is 0.645. The first-order valence-corrected chi connectivity index (χ1v) is 7.66. The number of nitrogens with zero attached hydrogens (tertiary/aromatic N) is 2. The van der Waals surface area contributed by atoms with Crippen LogP contribution >= 0.6 is 24.0 Å². The van der Waals surface area contributed by atoms with E-state index in [0.29, 0.717) is 14.9 Å². The molecule has 1 atom stereocenters. The molecule has 0 spiro atoms. The number of carboxylic acids is 1. The SMILES string of the molecule is O=C1NC(=S)S/C1=C\N1N=C(c2ccccc2)CC1C(=O)O. The predicted molar refractivity (Wildman–Crippen MR) is 87.3 cm³/mol. The van der Waals surface area contributed by atoms with Gasteiger partial charge in [-0.1, -0.05) is 54.3 Å². The second-order valence-corrected chi connectivity index (χ2v) is 6.41. The van der Waals surface area contributed by atoms with Crippen molar-refractivity contribution < 1.29 is 14.7 Å². The van der Waals surface area contributed by atoms with E-state index >= 15 is 0 Å². The summed E-state index contributed by atoms with van der Waals surface area (Å²) in [6.45, 7) is 0. The van der Waals surface area contributed by atoms with Crippen molar-refractivity contribution in [2.75, 3.05) is 0 Å². The van der Waals surface area contributed by atoms with Crippen LogP contribution in [0.3, 0.4) is 0 Å². The Morgan fingerprint density at radius 2 is 2.18 bits per heavy atom. The lowest BCUT2D eigenvalue weighted by Gasteiger charge is -2.15. The molecular weight excluding hydrogens is 322 g/mol. The summed E-state index contributed by atoms with van der Waals surface area (Å²) < 4.78 is 0.356. The van der Waals surface area contributed by atoms with Crippen LogP contribution in [0.2, 0.25) is 0 Å². The van der Waals surface area contributed by atoms with Gasteiger partial charge in [0.05, 0.1) is 10.6 Å². The average molecular weight is 333 g/mol. The highest BCUT2D eigenvalue weighted by Crippen LogP contribution is 2.27. The molecule has 6 nitrogen and oxygen atoms in total. The van der Waals surface area contributed by atoms with Gasteiger partial charge in [0, 0.05) is 12.6 Å². The highest BCUT2D eigenvalue weighted by molar-refractivity contribution is 8.26. The Kier molecular flexibility index (Phi) is 3.95. The number of thiocarbonyl (C=S) groups is 1. The van der Waals surface area contributed by atoms with E-state index in [1.807, 2.05) is 30.3 Å². The van der Waals surface area contributed by atoms with E-state index in [0.717, 1.165) is 17.3 Å². The molecule has 2 aliphatic heterocycles. The number of benzene rings is 1. The van der Waals surface area contributed by atoms with Gasteiger partial charge in [-0.15, -0.1) is 0 Å². The smallest absolute Gasteiger partial charge is 0.328 e. The van der Waals surface area contributed by atoms with Gasteiger partial charge >= 0.3 is 5.97 Å². The molecule has 1 saturated heterocycles. The van der Waals surface area contributed by atoms with E-state index in [9.17, 15) is 14.7 Å². The molecule has 1 amide bonds. The Labute approximate surface area is 135 Å². The van der Waals surface area contributed by atoms with Crippen molar-refractivity contribution in [1.82, 2.24) is 10.3 Å². The molecule has 1 aromatic carbocycles. The summed E-state index contributed by atoms with van der Waals surface area (Å²) >= 11 is 6.01. The van der Waals surface area contributed by atoms with E-state index in [4.69, 9.17) is 12.2 Å². The van der Waals surface area contributed by atoms with Gasteiger partial charge in [0.25, 0.3) is 5.91 Å². The minimum atomic E-state index is -0.988. The van der Waals surface area contributed by atoms with Gasteiger partial charge in [-0.25, -0.2) is 4.79 Å². The Morgan fingerprint density at radius 3 is 2.77 bits per heavy atom. The van der Waals surface area contributed by atoms with E-state index in [-0.39, 0.29) is 12.3 Å². The summed E-state index contributed by atoms with van der Waals surface area (Å²) in [6.07, 6.45) is 1.72. The number of carbonyl (C=O) groups is 2. The van der Waals surface area contributed by atoms with E-state index in [1.54, 1.807) is 0 Å². The van der Waals surface area contributed by atoms with Crippen LogP contribution in [-0.4, -0.2) is 38.1 Å². The van der Waals surface area contributed by atoms with Gasteiger partial charge in [0.15, 0.2) is 6.04 Å². The second kappa shape index (κ2) is 5.90. The fourth-order valence-electron chi connectivity index (χ4n) is 2.18. The van der Waals surface area contributed by atoms with Crippen molar-refractivity contribution in [3.05, 3.63) is 47.0 Å². The summed E-state index contributed by atoms with van der Waals surface area (Å²) in [6, 6.07) is 8.54. The molecule has 112 valence electrons. The fraction of sp³-hybridized carbons (Fsp3) is 0.143. The largest absolute Gasteiger partial charge is 0.480 e. The van der Waals surface area contributed by atoms with Crippen molar-refractivity contribution in [3.8, 4) is 0 Å². The van der Waals surface area contributed by atoms with Gasteiger partial charge in [-0.05, 0) is 5.56 Å². The monoisotopic (exact) mass is 333 g/mol. The third kappa shape index (κ3) is 2.88. The van der Waals surface area contributed by atoms with Crippen molar-refractivity contribution in [2.24, 2.45) is 5.10 Å². The maximum atomic E-state index is 11.7. The summed E-state index contributed by atoms with van der Waals surface area (Å²) in [5.74, 6) is -1.32. The Hall–Kier alpha value is -2.19. The van der Waals surface area contributed by atoms with Gasteiger partial charge < -0.3 is 10.4 Å². The lowest BCUT2D eigenvalue weighted by atomic mass is 10.0. The molecule has 22 heavy (non-hydrogen) atoms. The first-order chi connectivity index (χ1) is 10.5. The zero-order valence-corrected chi connectivity index (χ0v) is 12.9. The number of hydrazone groups is 1. The number of carboxylic acid groups (broad SMARTS) is 1. The van der Waals surface area contributed by atoms with E-state index < -0.39 is 12.0 Å². The lowest BCUT2D eigenvalue weighted by molar-refractivity contribution is -0.141. The highest BCUT2D eigenvalue weighted by Gasteiger charge is 2.34. The molecule has 0 aliphatic carbocycles. The molecule has 8 heteroatoms. The van der Waals surface area contributed by atoms with Crippen LogP contribution < -0.4 is 5.32 Å². The van der Waals surface area contributed by atoms with Crippen LogP contribution in [-0.2, 0) is 9.59 Å². The van der Waals surface area contributed by atoms with E-state index in [2.05, 4.69) is 10.4 Å². The third-order valence-corrected chi connectivity index (χ3v) is 4.38. The zero-order valence-electron chi connectivity index (χ0n) is 11.2. The molecule has 0 saturated carbocycles. The van der Waals surface area contributed by atoms with Crippen molar-refractivity contribution in [3.63, 3.8) is 0 Å². The predicted octanol–water partition coefficient (Wildman–Crippen LogP) is 1.54. The minimum absolute atomic E-state index is 0.278. The molecule has 0 aromatic heterocycles. The number of hydrogen-bond donors (Lipinski definition) is 2. The van der Waals surface area contributed by atoms with E-state index in [1.165, 1.54) is 11.2 Å². The van der Waals surface area contributed by atoms with Gasteiger partial charge in [0.1, 0.15) is 4.32 Å². The third-order valence-electron chi connectivity index (χ3n) is 3.23. The molecule has 1 unspecified atom stereocenters. The number of aliphatic carboxylic acids is 1. The number of hydrogen-bond acceptors (Lipinski definition) is 6. The Balaban J connectivity index is 1.91. The molecule has 2 N–H and O–H groups in total. The molecule has 1 aromatic rings. The number of thioether (sulfide) groups is 1. The van der Waals surface area contributed by atoms with Crippen LogP contribution in [0.5, 0.6) is 0 Å². The van der Waals surface area contributed by atoms with Gasteiger partial charge in [-0.2, -0.15) is 5.10 Å². The van der Waals surface area contributed by atoms with Crippen LogP contribution in [0.1, 0.15) is 12.0 Å². The summed E-state index contributed by atoms with van der Waals surface area (Å²) in [4.78, 5) is 23.5. The molecule has 2 heterocycles. The number of carbonyl (C=O) groups excluding carboxylic acids is 1. The average Bonchev–Trinajstić information content (AvgIpc) is 3.04. The zero-order chi connectivity index (χ0) is 15.7. The summed E-state index contributed by atoms with van der Waals surface area (Å²) in [5, 5.41) is 17.5. The number of amides is 1.